The molecule has 0 radical (unpaired) electrons. The molecular weight excluding hydrogens is 429 g/mol. The van der Waals surface area contributed by atoms with Gasteiger partial charge < -0.3 is 15.0 Å². The molecule has 0 saturated carbocycles. The minimum absolute atomic E-state index is 0. The Kier molecular flexibility index (Phi) is 10.4. The molecule has 1 saturated heterocycles. The van der Waals surface area contributed by atoms with Crippen molar-refractivity contribution < 1.29 is 9.53 Å². The zero-order valence-electron chi connectivity index (χ0n) is 15.0. The lowest BCUT2D eigenvalue weighted by Crippen LogP contribution is -2.44. The predicted molar refractivity (Wildman–Crippen MR) is 115 cm³/mol. The number of hydrogen-bond acceptors (Lipinski definition) is 5. The number of likely N-dealkylation sites (tertiary alicyclic amines) is 1. The van der Waals surface area contributed by atoms with E-state index in [4.69, 9.17) is 16.3 Å². The number of nitrogens with zero attached hydrogens (tertiary/aromatic N) is 2. The van der Waals surface area contributed by atoms with E-state index in [9.17, 15) is 4.79 Å². The highest BCUT2D eigenvalue weighted by Gasteiger charge is 2.22. The van der Waals surface area contributed by atoms with Gasteiger partial charge in [-0.05, 0) is 44.2 Å². The molecule has 0 aliphatic carbocycles. The van der Waals surface area contributed by atoms with E-state index in [1.807, 2.05) is 29.5 Å². The van der Waals surface area contributed by atoms with Crippen molar-refractivity contribution in [3.8, 4) is 5.75 Å². The zero-order valence-corrected chi connectivity index (χ0v) is 18.2. The van der Waals surface area contributed by atoms with Gasteiger partial charge in [-0.3, -0.25) is 4.79 Å². The van der Waals surface area contributed by atoms with Crippen molar-refractivity contribution >= 4 is 53.7 Å². The summed E-state index contributed by atoms with van der Waals surface area (Å²) in [4.78, 5) is 18.9. The SMILES string of the molecule is CNC1CCN(C(=O)Cc2csc(COc3ccc(Cl)cc3)n2)CC1.Cl.Cl. The van der Waals surface area contributed by atoms with Crippen molar-refractivity contribution in [2.75, 3.05) is 20.1 Å². The Morgan fingerprint density at radius 1 is 1.30 bits per heavy atom. The van der Waals surface area contributed by atoms with Crippen LogP contribution in [0.2, 0.25) is 5.02 Å². The van der Waals surface area contributed by atoms with E-state index in [-0.39, 0.29) is 30.7 Å². The number of thiazole rings is 1. The zero-order chi connectivity index (χ0) is 17.6. The minimum atomic E-state index is 0. The lowest BCUT2D eigenvalue weighted by atomic mass is 10.0. The highest BCUT2D eigenvalue weighted by atomic mass is 35.5. The molecule has 1 amide bonds. The molecule has 1 aliphatic heterocycles. The van der Waals surface area contributed by atoms with Crippen LogP contribution < -0.4 is 10.1 Å². The van der Waals surface area contributed by atoms with Gasteiger partial charge in [-0.2, -0.15) is 0 Å². The molecule has 9 heteroatoms. The number of ether oxygens (including phenoxy) is 1. The number of piperidine rings is 1. The summed E-state index contributed by atoms with van der Waals surface area (Å²) in [5.41, 5.74) is 0.820. The molecule has 0 unspecified atom stereocenters. The maximum Gasteiger partial charge on any atom is 0.228 e. The molecule has 0 spiro atoms. The van der Waals surface area contributed by atoms with Crippen molar-refractivity contribution in [3.05, 3.63) is 45.4 Å². The third kappa shape index (κ3) is 7.12. The van der Waals surface area contributed by atoms with E-state index in [1.165, 1.54) is 11.3 Å². The van der Waals surface area contributed by atoms with Crippen molar-refractivity contribution in [3.63, 3.8) is 0 Å². The molecule has 1 aromatic heterocycles. The van der Waals surface area contributed by atoms with Crippen LogP contribution in [0, 0.1) is 0 Å². The van der Waals surface area contributed by atoms with Gasteiger partial charge in [0.15, 0.2) is 0 Å². The average molecular weight is 453 g/mol. The molecular formula is C18H24Cl3N3O2S. The van der Waals surface area contributed by atoms with Gasteiger partial charge in [0.1, 0.15) is 17.4 Å². The van der Waals surface area contributed by atoms with Crippen molar-refractivity contribution in [1.82, 2.24) is 15.2 Å². The summed E-state index contributed by atoms with van der Waals surface area (Å²) in [5.74, 6) is 0.912. The molecule has 1 fully saturated rings. The molecule has 1 N–H and O–H groups in total. The van der Waals surface area contributed by atoms with E-state index in [1.54, 1.807) is 12.1 Å². The second-order valence-corrected chi connectivity index (χ2v) is 7.47. The lowest BCUT2D eigenvalue weighted by molar-refractivity contribution is -0.131. The Labute approximate surface area is 181 Å². The summed E-state index contributed by atoms with van der Waals surface area (Å²) in [7, 11) is 1.98. The number of carbonyl (C=O) groups is 1. The number of hydrogen-bond donors (Lipinski definition) is 1. The fourth-order valence-electron chi connectivity index (χ4n) is 2.86. The Hall–Kier alpha value is -1.05. The summed E-state index contributed by atoms with van der Waals surface area (Å²) >= 11 is 7.38. The van der Waals surface area contributed by atoms with Crippen LogP contribution in [-0.2, 0) is 17.8 Å². The highest BCUT2D eigenvalue weighted by molar-refractivity contribution is 7.09. The molecule has 3 rings (SSSR count). The van der Waals surface area contributed by atoms with Crippen LogP contribution in [0.3, 0.4) is 0 Å². The average Bonchev–Trinajstić information content (AvgIpc) is 3.08. The molecule has 1 aliphatic rings. The number of aromatic nitrogens is 1. The second-order valence-electron chi connectivity index (χ2n) is 6.10. The quantitative estimate of drug-likeness (QED) is 0.720. The summed E-state index contributed by atoms with van der Waals surface area (Å²) in [6, 6.07) is 7.77. The third-order valence-corrected chi connectivity index (χ3v) is 5.49. The first-order chi connectivity index (χ1) is 12.1. The Morgan fingerprint density at radius 3 is 2.59 bits per heavy atom. The Morgan fingerprint density at radius 2 is 1.96 bits per heavy atom. The number of benzene rings is 1. The smallest absolute Gasteiger partial charge is 0.228 e. The maximum atomic E-state index is 12.4. The largest absolute Gasteiger partial charge is 0.486 e. The number of rotatable bonds is 6. The fraction of sp³-hybridized carbons (Fsp3) is 0.444. The summed E-state index contributed by atoms with van der Waals surface area (Å²) < 4.78 is 5.69. The van der Waals surface area contributed by atoms with E-state index >= 15 is 0 Å². The summed E-state index contributed by atoms with van der Waals surface area (Å²) in [6.45, 7) is 2.04. The highest BCUT2D eigenvalue weighted by Crippen LogP contribution is 2.19. The first-order valence-electron chi connectivity index (χ1n) is 8.40. The van der Waals surface area contributed by atoms with Crippen LogP contribution in [0.5, 0.6) is 5.75 Å². The summed E-state index contributed by atoms with van der Waals surface area (Å²) in [5, 5.41) is 6.77. The van der Waals surface area contributed by atoms with Gasteiger partial charge in [-0.15, -0.1) is 36.2 Å². The van der Waals surface area contributed by atoms with Crippen molar-refractivity contribution in [1.29, 1.82) is 0 Å². The van der Waals surface area contributed by atoms with Crippen molar-refractivity contribution in [2.24, 2.45) is 0 Å². The lowest BCUT2D eigenvalue weighted by Gasteiger charge is -2.31. The van der Waals surface area contributed by atoms with Crippen molar-refractivity contribution in [2.45, 2.75) is 31.9 Å². The molecule has 2 heterocycles. The van der Waals surface area contributed by atoms with Crippen LogP contribution >= 0.6 is 47.8 Å². The second kappa shape index (κ2) is 11.7. The van der Waals surface area contributed by atoms with Gasteiger partial charge in [0, 0.05) is 29.5 Å². The summed E-state index contributed by atoms with van der Waals surface area (Å²) in [6.07, 6.45) is 2.39. The standard InChI is InChI=1S/C18H22ClN3O2S.2ClH/c1-20-14-6-8-22(9-7-14)18(23)10-15-12-25-17(21-15)11-24-16-4-2-13(19)3-5-16;;/h2-5,12,14,20H,6-11H2,1H3;2*1H. The molecule has 27 heavy (non-hydrogen) atoms. The number of amides is 1. The topological polar surface area (TPSA) is 54.5 Å². The molecule has 2 aromatic rings. The van der Waals surface area contributed by atoms with E-state index in [0.717, 1.165) is 42.4 Å². The van der Waals surface area contributed by atoms with E-state index in [0.29, 0.717) is 24.1 Å². The van der Waals surface area contributed by atoms with Gasteiger partial charge in [0.05, 0.1) is 12.1 Å². The van der Waals surface area contributed by atoms with Crippen LogP contribution in [0.1, 0.15) is 23.5 Å². The van der Waals surface area contributed by atoms with E-state index < -0.39 is 0 Å². The normalized spacial score (nSPS) is 14.2. The Bertz CT molecular complexity index is 704. The fourth-order valence-corrected chi connectivity index (χ4v) is 3.69. The maximum absolute atomic E-state index is 12.4. The van der Waals surface area contributed by atoms with Crippen LogP contribution in [0.4, 0.5) is 0 Å². The molecule has 0 bridgehead atoms. The first-order valence-corrected chi connectivity index (χ1v) is 9.66. The van der Waals surface area contributed by atoms with Crippen LogP contribution in [0.25, 0.3) is 0 Å². The third-order valence-electron chi connectivity index (χ3n) is 4.36. The predicted octanol–water partition coefficient (Wildman–Crippen LogP) is 3.97. The van der Waals surface area contributed by atoms with Gasteiger partial charge in [0.25, 0.3) is 0 Å². The number of nitrogens with one attached hydrogen (secondary N) is 1. The molecule has 5 nitrogen and oxygen atoms in total. The van der Waals surface area contributed by atoms with Crippen LogP contribution in [-0.4, -0.2) is 42.0 Å². The van der Waals surface area contributed by atoms with Gasteiger partial charge in [-0.25, -0.2) is 4.98 Å². The van der Waals surface area contributed by atoms with Crippen LogP contribution in [0.15, 0.2) is 29.6 Å². The molecule has 0 atom stereocenters. The number of carbonyl (C=O) groups excluding carboxylic acids is 1. The number of halogens is 3. The van der Waals surface area contributed by atoms with E-state index in [2.05, 4.69) is 10.3 Å². The molecule has 1 aromatic carbocycles. The Balaban J connectivity index is 0.00000182. The van der Waals surface area contributed by atoms with Gasteiger partial charge in [0.2, 0.25) is 5.91 Å². The van der Waals surface area contributed by atoms with Gasteiger partial charge >= 0.3 is 0 Å². The minimum Gasteiger partial charge on any atom is -0.486 e. The monoisotopic (exact) mass is 451 g/mol. The first kappa shape index (κ1) is 24.0. The molecule has 150 valence electrons. The van der Waals surface area contributed by atoms with Gasteiger partial charge in [-0.1, -0.05) is 11.6 Å².